The molecule has 9 rings (SSSR count). The molecule has 0 spiro atoms. The smallest absolute Gasteiger partial charge is 0.145 e. The number of nitrogens with zero attached hydrogens (tertiary/aromatic N) is 4. The van der Waals surface area contributed by atoms with Gasteiger partial charge in [-0.15, -0.1) is 0 Å². The second-order valence-electron chi connectivity index (χ2n) is 10.8. The number of hydrogen-bond donors (Lipinski definition) is 0. The van der Waals surface area contributed by atoms with Gasteiger partial charge < -0.3 is 13.6 Å². The summed E-state index contributed by atoms with van der Waals surface area (Å²) in [5.41, 5.74) is 8.59. The van der Waals surface area contributed by atoms with Crippen molar-refractivity contribution in [3.8, 4) is 23.5 Å². The van der Waals surface area contributed by atoms with E-state index in [-0.39, 0.29) is 0 Å². The SMILES string of the molecule is N#Cc1ccc(-n2c3ccccc3c3c2ccc2c4c5oc6ccccc6c5ccc4n(-c4ccccc4)c23)cc1C#N. The van der Waals surface area contributed by atoms with E-state index >= 15 is 0 Å². The van der Waals surface area contributed by atoms with Crippen molar-refractivity contribution in [1.29, 1.82) is 10.5 Å². The van der Waals surface area contributed by atoms with Crippen LogP contribution in [0.1, 0.15) is 11.1 Å². The summed E-state index contributed by atoms with van der Waals surface area (Å²) in [4.78, 5) is 0. The van der Waals surface area contributed by atoms with Crippen LogP contribution in [-0.4, -0.2) is 9.13 Å². The van der Waals surface area contributed by atoms with Crippen LogP contribution in [0.5, 0.6) is 0 Å². The van der Waals surface area contributed by atoms with E-state index in [0.29, 0.717) is 11.1 Å². The van der Waals surface area contributed by atoms with Crippen molar-refractivity contribution in [2.45, 2.75) is 0 Å². The number of benzene rings is 6. The third kappa shape index (κ3) is 3.08. The maximum atomic E-state index is 9.80. The Labute approximate surface area is 245 Å². The molecular weight excluding hydrogens is 528 g/mol. The van der Waals surface area contributed by atoms with E-state index < -0.39 is 0 Å². The Morgan fingerprint density at radius 2 is 1.19 bits per heavy atom. The van der Waals surface area contributed by atoms with E-state index in [1.54, 1.807) is 12.1 Å². The van der Waals surface area contributed by atoms with Crippen LogP contribution >= 0.6 is 0 Å². The number of rotatable bonds is 2. The highest BCUT2D eigenvalue weighted by molar-refractivity contribution is 6.30. The highest BCUT2D eigenvalue weighted by atomic mass is 16.3. The number of aromatic nitrogens is 2. The fourth-order valence-electron chi connectivity index (χ4n) is 6.81. The fraction of sp³-hybridized carbons (Fsp3) is 0. The quantitative estimate of drug-likeness (QED) is 0.216. The van der Waals surface area contributed by atoms with Crippen LogP contribution in [0.4, 0.5) is 0 Å². The van der Waals surface area contributed by atoms with Crippen molar-refractivity contribution in [3.63, 3.8) is 0 Å². The second kappa shape index (κ2) is 8.60. The molecule has 0 bridgehead atoms. The number of nitriles is 2. The Morgan fingerprint density at radius 3 is 2.00 bits per heavy atom. The molecule has 0 atom stereocenters. The topological polar surface area (TPSA) is 70.6 Å². The molecule has 0 radical (unpaired) electrons. The van der Waals surface area contributed by atoms with Crippen molar-refractivity contribution in [3.05, 3.63) is 132 Å². The number of para-hydroxylation sites is 3. The average molecular weight is 549 g/mol. The van der Waals surface area contributed by atoms with E-state index in [0.717, 1.165) is 76.9 Å². The van der Waals surface area contributed by atoms with Gasteiger partial charge in [-0.05, 0) is 66.7 Å². The molecule has 5 heteroatoms. The van der Waals surface area contributed by atoms with E-state index in [1.165, 1.54) is 0 Å². The van der Waals surface area contributed by atoms with Gasteiger partial charge in [0.2, 0.25) is 0 Å². The normalized spacial score (nSPS) is 11.7. The summed E-state index contributed by atoms with van der Waals surface area (Å²) in [5, 5.41) is 25.9. The summed E-state index contributed by atoms with van der Waals surface area (Å²) in [7, 11) is 0. The molecule has 3 aromatic heterocycles. The second-order valence-corrected chi connectivity index (χ2v) is 10.8. The Kier molecular flexibility index (Phi) is 4.68. The predicted molar refractivity (Wildman–Crippen MR) is 172 cm³/mol. The van der Waals surface area contributed by atoms with E-state index in [4.69, 9.17) is 4.42 Å². The summed E-state index contributed by atoms with van der Waals surface area (Å²) in [5.74, 6) is 0. The molecule has 0 aliphatic heterocycles. The van der Waals surface area contributed by atoms with Gasteiger partial charge in [-0.3, -0.25) is 0 Å². The van der Waals surface area contributed by atoms with Crippen LogP contribution in [-0.2, 0) is 0 Å². The Balaban J connectivity index is 1.52. The zero-order chi connectivity index (χ0) is 28.7. The van der Waals surface area contributed by atoms with Gasteiger partial charge in [-0.2, -0.15) is 10.5 Å². The van der Waals surface area contributed by atoms with Crippen molar-refractivity contribution in [2.24, 2.45) is 0 Å². The van der Waals surface area contributed by atoms with Crippen molar-refractivity contribution in [1.82, 2.24) is 9.13 Å². The van der Waals surface area contributed by atoms with Crippen molar-refractivity contribution < 1.29 is 4.42 Å². The highest BCUT2D eigenvalue weighted by Gasteiger charge is 2.23. The standard InChI is InChI=1S/C38H20N4O/c39-21-23-14-15-26(20-24(23)22-40)41-31-12-6-4-11-29(31)35-32(41)19-17-30-36-33(42(37(30)35)25-8-2-1-3-9-25)18-16-28-27-10-5-7-13-34(27)43-38(28)36/h1-20H. The molecule has 0 aliphatic rings. The van der Waals surface area contributed by atoms with Crippen LogP contribution in [0.3, 0.4) is 0 Å². The lowest BCUT2D eigenvalue weighted by Crippen LogP contribution is -1.96. The predicted octanol–water partition coefficient (Wildman–Crippen LogP) is 9.52. The lowest BCUT2D eigenvalue weighted by molar-refractivity contribution is 0.673. The van der Waals surface area contributed by atoms with Gasteiger partial charge in [0.1, 0.15) is 23.3 Å². The van der Waals surface area contributed by atoms with Gasteiger partial charge in [-0.25, -0.2) is 0 Å². The third-order valence-corrected chi connectivity index (χ3v) is 8.59. The zero-order valence-electron chi connectivity index (χ0n) is 22.7. The minimum atomic E-state index is 0.359. The molecule has 198 valence electrons. The largest absolute Gasteiger partial charge is 0.455 e. The number of fused-ring (bicyclic) bond motifs is 11. The molecule has 0 saturated carbocycles. The van der Waals surface area contributed by atoms with Crippen molar-refractivity contribution >= 4 is 65.6 Å². The van der Waals surface area contributed by atoms with Crippen LogP contribution in [0.2, 0.25) is 0 Å². The van der Waals surface area contributed by atoms with Gasteiger partial charge >= 0.3 is 0 Å². The first-order valence-electron chi connectivity index (χ1n) is 14.1. The monoisotopic (exact) mass is 548 g/mol. The molecule has 5 nitrogen and oxygen atoms in total. The maximum absolute atomic E-state index is 9.80. The molecule has 0 unspecified atom stereocenters. The minimum Gasteiger partial charge on any atom is -0.455 e. The first-order valence-corrected chi connectivity index (χ1v) is 14.1. The minimum absolute atomic E-state index is 0.359. The molecular formula is C38H20N4O. The third-order valence-electron chi connectivity index (χ3n) is 8.59. The molecule has 3 heterocycles. The molecule has 0 saturated heterocycles. The van der Waals surface area contributed by atoms with Crippen LogP contribution in [0.25, 0.3) is 76.9 Å². The van der Waals surface area contributed by atoms with Gasteiger partial charge in [0, 0.05) is 38.3 Å². The Bertz CT molecular complexity index is 2690. The van der Waals surface area contributed by atoms with Gasteiger partial charge in [0.05, 0.1) is 38.6 Å². The molecule has 43 heavy (non-hydrogen) atoms. The lowest BCUT2D eigenvalue weighted by Gasteiger charge is -2.10. The summed E-state index contributed by atoms with van der Waals surface area (Å²) < 4.78 is 11.1. The van der Waals surface area contributed by atoms with E-state index in [2.05, 4.69) is 94.1 Å². The first-order chi connectivity index (χ1) is 21.3. The van der Waals surface area contributed by atoms with Gasteiger partial charge in [0.15, 0.2) is 0 Å². The molecule has 0 fully saturated rings. The summed E-state index contributed by atoms with van der Waals surface area (Å²) >= 11 is 0. The summed E-state index contributed by atoms with van der Waals surface area (Å²) in [6.07, 6.45) is 0. The highest BCUT2D eigenvalue weighted by Crippen LogP contribution is 2.45. The molecule has 9 aromatic rings. The fourth-order valence-corrected chi connectivity index (χ4v) is 6.81. The number of hydrogen-bond acceptors (Lipinski definition) is 3. The first kappa shape index (κ1) is 23.4. The molecule has 0 amide bonds. The van der Waals surface area contributed by atoms with Gasteiger partial charge in [-0.1, -0.05) is 54.6 Å². The Morgan fingerprint density at radius 1 is 0.488 bits per heavy atom. The average Bonchev–Trinajstić information content (AvgIpc) is 3.72. The van der Waals surface area contributed by atoms with E-state index in [9.17, 15) is 10.5 Å². The van der Waals surface area contributed by atoms with Crippen molar-refractivity contribution in [2.75, 3.05) is 0 Å². The molecule has 0 N–H and O–H groups in total. The summed E-state index contributed by atoms with van der Waals surface area (Å²) in [6, 6.07) is 45.5. The van der Waals surface area contributed by atoms with Crippen LogP contribution in [0, 0.1) is 22.7 Å². The van der Waals surface area contributed by atoms with E-state index in [1.807, 2.05) is 36.4 Å². The lowest BCUT2D eigenvalue weighted by atomic mass is 10.1. The summed E-state index contributed by atoms with van der Waals surface area (Å²) in [6.45, 7) is 0. The molecule has 0 aliphatic carbocycles. The molecule has 6 aromatic carbocycles. The Hall–Kier alpha value is -6.30. The van der Waals surface area contributed by atoms with Gasteiger partial charge in [0.25, 0.3) is 0 Å². The van der Waals surface area contributed by atoms with Crippen LogP contribution in [0.15, 0.2) is 126 Å². The van der Waals surface area contributed by atoms with Crippen LogP contribution < -0.4 is 0 Å². The zero-order valence-corrected chi connectivity index (χ0v) is 22.7. The number of furan rings is 1. The maximum Gasteiger partial charge on any atom is 0.145 e.